The molecule has 0 aliphatic carbocycles. The summed E-state index contributed by atoms with van der Waals surface area (Å²) in [4.78, 5) is 10.1. The Morgan fingerprint density at radius 2 is 1.86 bits per heavy atom. The lowest BCUT2D eigenvalue weighted by Gasteiger charge is -2.33. The Labute approximate surface area is 169 Å². The molecule has 0 atom stereocenters. The van der Waals surface area contributed by atoms with Crippen LogP contribution in [0.1, 0.15) is 37.7 Å². The third kappa shape index (κ3) is 4.83. The minimum Gasteiger partial charge on any atom is -0.383 e. The summed E-state index contributed by atoms with van der Waals surface area (Å²) in [6, 6.07) is 11.5. The Kier molecular flexibility index (Phi) is 6.78. The molecular weight excluding hydrogens is 348 g/mol. The van der Waals surface area contributed by atoms with Gasteiger partial charge in [-0.3, -0.25) is 0 Å². The van der Waals surface area contributed by atoms with Crippen LogP contribution < -0.4 is 10.2 Å². The van der Waals surface area contributed by atoms with Crippen molar-refractivity contribution >= 4 is 16.7 Å². The Bertz CT molecular complexity index is 751. The number of anilines is 1. The van der Waals surface area contributed by atoms with Gasteiger partial charge in [0.25, 0.3) is 0 Å². The molecule has 1 aromatic carbocycles. The van der Waals surface area contributed by atoms with E-state index in [1.54, 1.807) is 7.11 Å². The van der Waals surface area contributed by atoms with Gasteiger partial charge < -0.3 is 19.9 Å². The lowest BCUT2D eigenvalue weighted by Crippen LogP contribution is -2.43. The highest BCUT2D eigenvalue weighted by atomic mass is 16.5. The predicted molar refractivity (Wildman–Crippen MR) is 116 cm³/mol. The van der Waals surface area contributed by atoms with Crippen LogP contribution in [-0.4, -0.2) is 62.4 Å². The Hall–Kier alpha value is -1.69. The molecule has 2 aliphatic rings. The summed E-state index contributed by atoms with van der Waals surface area (Å²) in [5, 5.41) is 5.08. The zero-order valence-corrected chi connectivity index (χ0v) is 17.2. The molecule has 0 amide bonds. The van der Waals surface area contributed by atoms with E-state index < -0.39 is 0 Å². The fourth-order valence-electron chi connectivity index (χ4n) is 4.49. The number of likely N-dealkylation sites (tertiary alicyclic amines) is 1. The summed E-state index contributed by atoms with van der Waals surface area (Å²) in [6.07, 6.45) is 6.33. The minimum absolute atomic E-state index is 0.597. The van der Waals surface area contributed by atoms with Crippen molar-refractivity contribution in [2.45, 2.75) is 44.7 Å². The normalized spacial score (nSPS) is 19.4. The SMILES string of the molecule is COCCN1CCC(NCc2cc3ccccc3nc2N2CCCCC2)CC1. The number of nitrogens with one attached hydrogen (secondary N) is 1. The summed E-state index contributed by atoms with van der Waals surface area (Å²) in [6.45, 7) is 7.39. The van der Waals surface area contributed by atoms with E-state index >= 15 is 0 Å². The van der Waals surface area contributed by atoms with Crippen molar-refractivity contribution in [3.05, 3.63) is 35.9 Å². The monoisotopic (exact) mass is 382 g/mol. The third-order valence-electron chi connectivity index (χ3n) is 6.22. The van der Waals surface area contributed by atoms with Crippen LogP contribution in [0.25, 0.3) is 10.9 Å². The van der Waals surface area contributed by atoms with Crippen LogP contribution in [0.2, 0.25) is 0 Å². The number of nitrogens with zero attached hydrogens (tertiary/aromatic N) is 3. The molecule has 2 aliphatic heterocycles. The van der Waals surface area contributed by atoms with E-state index in [4.69, 9.17) is 9.72 Å². The van der Waals surface area contributed by atoms with Crippen LogP contribution in [0.15, 0.2) is 30.3 Å². The second kappa shape index (κ2) is 9.68. The van der Waals surface area contributed by atoms with Crippen molar-refractivity contribution in [3.63, 3.8) is 0 Å². The highest BCUT2D eigenvalue weighted by molar-refractivity contribution is 5.81. The standard InChI is InChI=1S/C23H34N4O/c1-28-16-15-26-13-9-21(10-14-26)24-18-20-17-19-7-3-4-8-22(19)25-23(20)27-11-5-2-6-12-27/h3-4,7-8,17,21,24H,2,5-6,9-16,18H2,1H3. The van der Waals surface area contributed by atoms with E-state index in [0.717, 1.165) is 51.4 Å². The van der Waals surface area contributed by atoms with Gasteiger partial charge >= 0.3 is 0 Å². The number of pyridine rings is 1. The molecule has 0 spiro atoms. The first-order chi connectivity index (χ1) is 13.8. The Balaban J connectivity index is 1.43. The van der Waals surface area contributed by atoms with Gasteiger partial charge in [0.2, 0.25) is 0 Å². The number of benzene rings is 1. The van der Waals surface area contributed by atoms with Crippen molar-refractivity contribution in [1.82, 2.24) is 15.2 Å². The van der Waals surface area contributed by atoms with Gasteiger partial charge in [-0.1, -0.05) is 18.2 Å². The van der Waals surface area contributed by atoms with Gasteiger partial charge in [0, 0.05) is 50.3 Å². The smallest absolute Gasteiger partial charge is 0.133 e. The molecule has 1 aromatic heterocycles. The fraction of sp³-hybridized carbons (Fsp3) is 0.609. The van der Waals surface area contributed by atoms with Gasteiger partial charge in [0.15, 0.2) is 0 Å². The maximum Gasteiger partial charge on any atom is 0.133 e. The third-order valence-corrected chi connectivity index (χ3v) is 6.22. The topological polar surface area (TPSA) is 40.6 Å². The number of aromatic nitrogens is 1. The zero-order chi connectivity index (χ0) is 19.2. The molecule has 0 bridgehead atoms. The van der Waals surface area contributed by atoms with E-state index in [1.165, 1.54) is 48.9 Å². The van der Waals surface area contributed by atoms with Gasteiger partial charge in [-0.15, -0.1) is 0 Å². The maximum atomic E-state index is 5.21. The molecule has 2 saturated heterocycles. The van der Waals surface area contributed by atoms with Crippen LogP contribution in [0, 0.1) is 0 Å². The van der Waals surface area contributed by atoms with Crippen molar-refractivity contribution in [1.29, 1.82) is 0 Å². The summed E-state index contributed by atoms with van der Waals surface area (Å²) in [7, 11) is 1.78. The molecule has 3 heterocycles. The molecular formula is C23H34N4O. The highest BCUT2D eigenvalue weighted by Gasteiger charge is 2.21. The van der Waals surface area contributed by atoms with Gasteiger partial charge in [0.1, 0.15) is 5.82 Å². The molecule has 4 rings (SSSR count). The first kappa shape index (κ1) is 19.6. The highest BCUT2D eigenvalue weighted by Crippen LogP contribution is 2.26. The zero-order valence-electron chi connectivity index (χ0n) is 17.2. The number of piperidine rings is 2. The van der Waals surface area contributed by atoms with Crippen molar-refractivity contribution in [2.75, 3.05) is 51.3 Å². The molecule has 2 aromatic rings. The fourth-order valence-corrected chi connectivity index (χ4v) is 4.49. The van der Waals surface area contributed by atoms with Crippen molar-refractivity contribution < 1.29 is 4.74 Å². The van der Waals surface area contributed by atoms with E-state index in [-0.39, 0.29) is 0 Å². The van der Waals surface area contributed by atoms with E-state index in [1.807, 2.05) is 0 Å². The minimum atomic E-state index is 0.597. The van der Waals surface area contributed by atoms with Crippen LogP contribution in [0.4, 0.5) is 5.82 Å². The summed E-state index contributed by atoms with van der Waals surface area (Å²) >= 11 is 0. The van der Waals surface area contributed by atoms with Gasteiger partial charge in [-0.2, -0.15) is 0 Å². The average Bonchev–Trinajstić information content (AvgIpc) is 2.77. The molecule has 5 heteroatoms. The van der Waals surface area contributed by atoms with Crippen molar-refractivity contribution in [2.24, 2.45) is 0 Å². The van der Waals surface area contributed by atoms with Crippen molar-refractivity contribution in [3.8, 4) is 0 Å². The molecule has 28 heavy (non-hydrogen) atoms. The Morgan fingerprint density at radius 1 is 1.07 bits per heavy atom. The first-order valence-electron chi connectivity index (χ1n) is 10.9. The number of fused-ring (bicyclic) bond motifs is 1. The molecule has 0 radical (unpaired) electrons. The molecule has 0 unspecified atom stereocenters. The molecule has 0 saturated carbocycles. The summed E-state index contributed by atoms with van der Waals surface area (Å²) in [5.41, 5.74) is 2.46. The number of hydrogen-bond donors (Lipinski definition) is 1. The number of methoxy groups -OCH3 is 1. The second-order valence-electron chi connectivity index (χ2n) is 8.20. The van der Waals surface area contributed by atoms with Gasteiger partial charge in [0.05, 0.1) is 12.1 Å². The van der Waals surface area contributed by atoms with Crippen LogP contribution in [0.3, 0.4) is 0 Å². The van der Waals surface area contributed by atoms with E-state index in [9.17, 15) is 0 Å². The van der Waals surface area contributed by atoms with Gasteiger partial charge in [-0.05, 0) is 57.3 Å². The first-order valence-corrected chi connectivity index (χ1v) is 10.9. The van der Waals surface area contributed by atoms with Crippen LogP contribution >= 0.6 is 0 Å². The number of para-hydroxylation sites is 1. The number of ether oxygens (including phenoxy) is 1. The lowest BCUT2D eigenvalue weighted by atomic mass is 10.0. The van der Waals surface area contributed by atoms with E-state index in [2.05, 4.69) is 45.4 Å². The molecule has 152 valence electrons. The van der Waals surface area contributed by atoms with Crippen LogP contribution in [-0.2, 0) is 11.3 Å². The number of hydrogen-bond acceptors (Lipinski definition) is 5. The van der Waals surface area contributed by atoms with E-state index in [0.29, 0.717) is 6.04 Å². The summed E-state index contributed by atoms with van der Waals surface area (Å²) in [5.74, 6) is 1.20. The number of rotatable bonds is 7. The average molecular weight is 383 g/mol. The Morgan fingerprint density at radius 3 is 2.64 bits per heavy atom. The molecule has 2 fully saturated rings. The molecule has 5 nitrogen and oxygen atoms in total. The second-order valence-corrected chi connectivity index (χ2v) is 8.20. The van der Waals surface area contributed by atoms with Crippen LogP contribution in [0.5, 0.6) is 0 Å². The quantitative estimate of drug-likeness (QED) is 0.795. The van der Waals surface area contributed by atoms with Gasteiger partial charge in [-0.25, -0.2) is 4.98 Å². The summed E-state index contributed by atoms with van der Waals surface area (Å²) < 4.78 is 5.21. The largest absolute Gasteiger partial charge is 0.383 e. The molecule has 1 N–H and O–H groups in total. The predicted octanol–water partition coefficient (Wildman–Crippen LogP) is 3.43. The lowest BCUT2D eigenvalue weighted by molar-refractivity contribution is 0.126. The maximum absolute atomic E-state index is 5.21.